The molecule has 1 aromatic rings. The lowest BCUT2D eigenvalue weighted by Crippen LogP contribution is -2.29. The number of hydrogen-bond donors (Lipinski definition) is 1. The van der Waals surface area contributed by atoms with E-state index in [0.29, 0.717) is 5.41 Å². The standard InChI is InChI=1S/C13H23N3/c1-13(2)7-4-11(10-13)14-8-5-12-6-9-15-16(12)3/h6,9,11,14H,4-5,7-8,10H2,1-3H3. The maximum atomic E-state index is 4.18. The van der Waals surface area contributed by atoms with Crippen LogP contribution in [0.4, 0.5) is 0 Å². The van der Waals surface area contributed by atoms with Gasteiger partial charge in [-0.3, -0.25) is 4.68 Å². The quantitative estimate of drug-likeness (QED) is 0.844. The van der Waals surface area contributed by atoms with Crippen LogP contribution in [0.5, 0.6) is 0 Å². The van der Waals surface area contributed by atoms with Crippen molar-refractivity contribution in [3.05, 3.63) is 18.0 Å². The van der Waals surface area contributed by atoms with Crippen LogP contribution in [0.3, 0.4) is 0 Å². The monoisotopic (exact) mass is 221 g/mol. The lowest BCUT2D eigenvalue weighted by atomic mass is 9.92. The Morgan fingerprint density at radius 3 is 2.94 bits per heavy atom. The third-order valence-corrected chi connectivity index (χ3v) is 3.71. The molecule has 2 rings (SSSR count). The van der Waals surface area contributed by atoms with Crippen molar-refractivity contribution in [1.82, 2.24) is 15.1 Å². The molecule has 0 saturated heterocycles. The van der Waals surface area contributed by atoms with Crippen molar-refractivity contribution in [2.75, 3.05) is 6.54 Å². The molecule has 0 bridgehead atoms. The lowest BCUT2D eigenvalue weighted by Gasteiger charge is -2.17. The van der Waals surface area contributed by atoms with E-state index in [1.54, 1.807) is 0 Å². The predicted molar refractivity (Wildman–Crippen MR) is 66.3 cm³/mol. The first-order chi connectivity index (χ1) is 7.57. The Balaban J connectivity index is 1.71. The fourth-order valence-electron chi connectivity index (χ4n) is 2.66. The van der Waals surface area contributed by atoms with Crippen molar-refractivity contribution in [3.63, 3.8) is 0 Å². The molecule has 1 fully saturated rings. The lowest BCUT2D eigenvalue weighted by molar-refractivity contribution is 0.365. The Labute approximate surface area is 98.2 Å². The fraction of sp³-hybridized carbons (Fsp3) is 0.769. The molecule has 1 heterocycles. The molecule has 0 amide bonds. The van der Waals surface area contributed by atoms with Gasteiger partial charge in [-0.05, 0) is 30.7 Å². The van der Waals surface area contributed by atoms with Crippen LogP contribution in [0, 0.1) is 5.41 Å². The molecule has 1 aliphatic rings. The van der Waals surface area contributed by atoms with E-state index in [1.165, 1.54) is 25.0 Å². The van der Waals surface area contributed by atoms with E-state index in [9.17, 15) is 0 Å². The second-order valence-electron chi connectivity index (χ2n) is 5.75. The predicted octanol–water partition coefficient (Wildman–Crippen LogP) is 2.13. The summed E-state index contributed by atoms with van der Waals surface area (Å²) >= 11 is 0. The summed E-state index contributed by atoms with van der Waals surface area (Å²) in [5, 5.41) is 7.84. The van der Waals surface area contributed by atoms with Crippen LogP contribution in [0.15, 0.2) is 12.3 Å². The molecule has 1 saturated carbocycles. The molecule has 90 valence electrons. The minimum atomic E-state index is 0.546. The Morgan fingerprint density at radius 1 is 1.56 bits per heavy atom. The average molecular weight is 221 g/mol. The third kappa shape index (κ3) is 2.85. The van der Waals surface area contributed by atoms with Crippen LogP contribution in [0.25, 0.3) is 0 Å². The van der Waals surface area contributed by atoms with Gasteiger partial charge in [-0.15, -0.1) is 0 Å². The van der Waals surface area contributed by atoms with Crippen LogP contribution in [0.2, 0.25) is 0 Å². The zero-order chi connectivity index (χ0) is 11.6. The minimum absolute atomic E-state index is 0.546. The minimum Gasteiger partial charge on any atom is -0.314 e. The average Bonchev–Trinajstić information content (AvgIpc) is 2.74. The van der Waals surface area contributed by atoms with E-state index in [-0.39, 0.29) is 0 Å². The first-order valence-electron chi connectivity index (χ1n) is 6.27. The Hall–Kier alpha value is -0.830. The van der Waals surface area contributed by atoms with Crippen molar-refractivity contribution in [1.29, 1.82) is 0 Å². The van der Waals surface area contributed by atoms with E-state index in [4.69, 9.17) is 0 Å². The molecule has 1 atom stereocenters. The van der Waals surface area contributed by atoms with Gasteiger partial charge in [-0.2, -0.15) is 5.10 Å². The molecule has 1 unspecified atom stereocenters. The molecule has 0 radical (unpaired) electrons. The van der Waals surface area contributed by atoms with Crippen molar-refractivity contribution in [2.24, 2.45) is 12.5 Å². The summed E-state index contributed by atoms with van der Waals surface area (Å²) in [4.78, 5) is 0. The van der Waals surface area contributed by atoms with Gasteiger partial charge in [0, 0.05) is 37.9 Å². The smallest absolute Gasteiger partial charge is 0.0492 e. The Morgan fingerprint density at radius 2 is 2.38 bits per heavy atom. The number of hydrogen-bond acceptors (Lipinski definition) is 2. The van der Waals surface area contributed by atoms with Gasteiger partial charge >= 0.3 is 0 Å². The summed E-state index contributed by atoms with van der Waals surface area (Å²) in [6, 6.07) is 2.82. The van der Waals surface area contributed by atoms with Crippen LogP contribution in [-0.4, -0.2) is 22.4 Å². The van der Waals surface area contributed by atoms with Gasteiger partial charge in [0.2, 0.25) is 0 Å². The summed E-state index contributed by atoms with van der Waals surface area (Å²) in [6.45, 7) is 5.81. The number of aromatic nitrogens is 2. The zero-order valence-electron chi connectivity index (χ0n) is 10.7. The van der Waals surface area contributed by atoms with Crippen LogP contribution in [0.1, 0.15) is 38.8 Å². The van der Waals surface area contributed by atoms with Gasteiger partial charge in [0.25, 0.3) is 0 Å². The third-order valence-electron chi connectivity index (χ3n) is 3.71. The topological polar surface area (TPSA) is 29.9 Å². The fourth-order valence-corrected chi connectivity index (χ4v) is 2.66. The van der Waals surface area contributed by atoms with Crippen LogP contribution >= 0.6 is 0 Å². The van der Waals surface area contributed by atoms with E-state index >= 15 is 0 Å². The van der Waals surface area contributed by atoms with Crippen molar-refractivity contribution in [3.8, 4) is 0 Å². The van der Waals surface area contributed by atoms with Crippen molar-refractivity contribution < 1.29 is 0 Å². The summed E-state index contributed by atoms with van der Waals surface area (Å²) in [5.74, 6) is 0. The number of aryl methyl sites for hydroxylation is 1. The summed E-state index contributed by atoms with van der Waals surface area (Å²) < 4.78 is 1.96. The highest BCUT2D eigenvalue weighted by molar-refractivity contribution is 5.00. The number of rotatable bonds is 4. The van der Waals surface area contributed by atoms with E-state index in [1.807, 2.05) is 17.9 Å². The molecule has 1 aromatic heterocycles. The highest BCUT2D eigenvalue weighted by Crippen LogP contribution is 2.36. The van der Waals surface area contributed by atoms with Crippen molar-refractivity contribution >= 4 is 0 Å². The molecule has 0 aliphatic heterocycles. The van der Waals surface area contributed by atoms with Gasteiger partial charge in [-0.25, -0.2) is 0 Å². The highest BCUT2D eigenvalue weighted by atomic mass is 15.3. The Kier molecular flexibility index (Phi) is 3.33. The molecule has 1 N–H and O–H groups in total. The second kappa shape index (κ2) is 4.58. The molecule has 1 aliphatic carbocycles. The maximum absolute atomic E-state index is 4.18. The summed E-state index contributed by atoms with van der Waals surface area (Å²) in [7, 11) is 2.01. The van der Waals surface area contributed by atoms with Gasteiger partial charge < -0.3 is 5.32 Å². The van der Waals surface area contributed by atoms with E-state index in [2.05, 4.69) is 30.3 Å². The molecular weight excluding hydrogens is 198 g/mol. The van der Waals surface area contributed by atoms with Crippen LogP contribution < -0.4 is 5.32 Å². The zero-order valence-corrected chi connectivity index (χ0v) is 10.7. The number of nitrogens with one attached hydrogen (secondary N) is 1. The van der Waals surface area contributed by atoms with Gasteiger partial charge in [0.1, 0.15) is 0 Å². The summed E-state index contributed by atoms with van der Waals surface area (Å²) in [6.07, 6.45) is 6.95. The largest absolute Gasteiger partial charge is 0.314 e. The van der Waals surface area contributed by atoms with Gasteiger partial charge in [-0.1, -0.05) is 13.8 Å². The van der Waals surface area contributed by atoms with Gasteiger partial charge in [0.05, 0.1) is 0 Å². The molecular formula is C13H23N3. The van der Waals surface area contributed by atoms with Gasteiger partial charge in [0.15, 0.2) is 0 Å². The SMILES string of the molecule is Cn1nccc1CCNC1CCC(C)(C)C1. The van der Waals surface area contributed by atoms with E-state index < -0.39 is 0 Å². The summed E-state index contributed by atoms with van der Waals surface area (Å²) in [5.41, 5.74) is 1.86. The second-order valence-corrected chi connectivity index (χ2v) is 5.75. The van der Waals surface area contributed by atoms with E-state index in [0.717, 1.165) is 19.0 Å². The first-order valence-corrected chi connectivity index (χ1v) is 6.27. The Bertz CT molecular complexity index is 341. The highest BCUT2D eigenvalue weighted by Gasteiger charge is 2.30. The molecule has 16 heavy (non-hydrogen) atoms. The molecule has 0 spiro atoms. The molecule has 3 nitrogen and oxygen atoms in total. The van der Waals surface area contributed by atoms with Crippen LogP contribution in [-0.2, 0) is 13.5 Å². The number of nitrogens with zero attached hydrogens (tertiary/aromatic N) is 2. The first kappa shape index (κ1) is 11.6. The van der Waals surface area contributed by atoms with Crippen molar-refractivity contribution in [2.45, 2.75) is 45.6 Å². The molecule has 3 heteroatoms. The normalized spacial score (nSPS) is 23.8. The molecule has 0 aromatic carbocycles. The maximum Gasteiger partial charge on any atom is 0.0492 e.